The van der Waals surface area contributed by atoms with Crippen LogP contribution in [-0.4, -0.2) is 25.5 Å². The van der Waals surface area contributed by atoms with Crippen molar-refractivity contribution >= 4 is 17.6 Å². The van der Waals surface area contributed by atoms with Crippen molar-refractivity contribution in [2.75, 3.05) is 19.0 Å². The molecule has 0 aliphatic rings. The Bertz CT molecular complexity index is 468. The van der Waals surface area contributed by atoms with Gasteiger partial charge < -0.3 is 15.8 Å². The Morgan fingerprint density at radius 1 is 1.42 bits per heavy atom. The minimum absolute atomic E-state index is 0.181. The maximum atomic E-state index is 12.0. The number of ether oxygens (including phenoxy) is 1. The van der Waals surface area contributed by atoms with Crippen molar-refractivity contribution in [1.29, 1.82) is 0 Å². The predicted molar refractivity (Wildman–Crippen MR) is 74.0 cm³/mol. The lowest BCUT2D eigenvalue weighted by Crippen LogP contribution is -2.29. The Morgan fingerprint density at radius 2 is 2.11 bits per heavy atom. The summed E-state index contributed by atoms with van der Waals surface area (Å²) in [6, 6.07) is 5.21. The van der Waals surface area contributed by atoms with Gasteiger partial charge in [0.15, 0.2) is 0 Å². The van der Waals surface area contributed by atoms with E-state index < -0.39 is 5.97 Å². The van der Waals surface area contributed by atoms with E-state index in [2.05, 4.69) is 5.32 Å². The van der Waals surface area contributed by atoms with Crippen LogP contribution in [0, 0.1) is 12.8 Å². The Labute approximate surface area is 113 Å². The number of hydrogen-bond acceptors (Lipinski definition) is 4. The second-order valence-corrected chi connectivity index (χ2v) is 4.37. The molecule has 104 valence electrons. The Balaban J connectivity index is 3.00. The van der Waals surface area contributed by atoms with Crippen molar-refractivity contribution in [2.45, 2.75) is 20.3 Å². The molecule has 0 saturated heterocycles. The maximum Gasteiger partial charge on any atom is 0.339 e. The molecule has 19 heavy (non-hydrogen) atoms. The number of nitrogens with two attached hydrogens (primary N) is 1. The fourth-order valence-corrected chi connectivity index (χ4v) is 1.74. The number of nitrogens with one attached hydrogen (secondary N) is 1. The van der Waals surface area contributed by atoms with Crippen LogP contribution in [0.25, 0.3) is 0 Å². The van der Waals surface area contributed by atoms with E-state index in [1.54, 1.807) is 12.1 Å². The monoisotopic (exact) mass is 264 g/mol. The highest BCUT2D eigenvalue weighted by molar-refractivity contribution is 6.02. The molecule has 0 aromatic heterocycles. The lowest BCUT2D eigenvalue weighted by molar-refractivity contribution is -0.119. The average Bonchev–Trinajstić information content (AvgIpc) is 2.41. The molecule has 0 heterocycles. The second kappa shape index (κ2) is 6.89. The Kier molecular flexibility index (Phi) is 5.51. The van der Waals surface area contributed by atoms with Crippen LogP contribution in [0.15, 0.2) is 18.2 Å². The summed E-state index contributed by atoms with van der Waals surface area (Å²) in [5.74, 6) is -0.911. The molecule has 0 aliphatic heterocycles. The highest BCUT2D eigenvalue weighted by Crippen LogP contribution is 2.19. The molecule has 0 aliphatic carbocycles. The fraction of sp³-hybridized carbons (Fsp3) is 0.429. The van der Waals surface area contributed by atoms with Crippen LogP contribution in [0.5, 0.6) is 0 Å². The van der Waals surface area contributed by atoms with Gasteiger partial charge in [-0.05, 0) is 25.5 Å². The van der Waals surface area contributed by atoms with E-state index >= 15 is 0 Å². The van der Waals surface area contributed by atoms with Gasteiger partial charge >= 0.3 is 5.97 Å². The number of amides is 1. The zero-order chi connectivity index (χ0) is 14.4. The van der Waals surface area contributed by atoms with E-state index in [-0.39, 0.29) is 18.4 Å². The first-order valence-corrected chi connectivity index (χ1v) is 6.23. The van der Waals surface area contributed by atoms with Crippen LogP contribution in [0.4, 0.5) is 5.69 Å². The van der Waals surface area contributed by atoms with Gasteiger partial charge in [0.1, 0.15) is 0 Å². The SMILES string of the molecule is CCC(CN)C(=O)Nc1ccc(C)cc1C(=O)OC. The quantitative estimate of drug-likeness (QED) is 0.793. The normalized spacial score (nSPS) is 11.8. The summed E-state index contributed by atoms with van der Waals surface area (Å²) >= 11 is 0. The molecule has 1 aromatic carbocycles. The zero-order valence-electron chi connectivity index (χ0n) is 11.5. The number of hydrogen-bond donors (Lipinski definition) is 2. The highest BCUT2D eigenvalue weighted by Gasteiger charge is 2.18. The zero-order valence-corrected chi connectivity index (χ0v) is 11.5. The first-order chi connectivity index (χ1) is 9.03. The summed E-state index contributed by atoms with van der Waals surface area (Å²) in [5.41, 5.74) is 7.26. The molecule has 0 saturated carbocycles. The number of methoxy groups -OCH3 is 1. The van der Waals surface area contributed by atoms with Gasteiger partial charge in [0.2, 0.25) is 5.91 Å². The first kappa shape index (κ1) is 15.2. The lowest BCUT2D eigenvalue weighted by atomic mass is 10.0. The molecule has 1 unspecified atom stereocenters. The summed E-state index contributed by atoms with van der Waals surface area (Å²) in [6.07, 6.45) is 0.655. The summed E-state index contributed by atoms with van der Waals surface area (Å²) in [5, 5.41) is 2.74. The molecule has 1 aromatic rings. The molecule has 3 N–H and O–H groups in total. The van der Waals surface area contributed by atoms with Gasteiger partial charge in [-0.2, -0.15) is 0 Å². The Hall–Kier alpha value is -1.88. The smallest absolute Gasteiger partial charge is 0.339 e. The standard InChI is InChI=1S/C14H20N2O3/c1-4-10(8-15)13(17)16-12-6-5-9(2)7-11(12)14(18)19-3/h5-7,10H,4,8,15H2,1-3H3,(H,16,17). The van der Waals surface area contributed by atoms with Gasteiger partial charge in [-0.1, -0.05) is 18.6 Å². The number of esters is 1. The maximum absolute atomic E-state index is 12.0. The third kappa shape index (κ3) is 3.79. The second-order valence-electron chi connectivity index (χ2n) is 4.37. The topological polar surface area (TPSA) is 81.4 Å². The van der Waals surface area contributed by atoms with E-state index in [1.807, 2.05) is 19.9 Å². The molecule has 0 radical (unpaired) electrons. The van der Waals surface area contributed by atoms with Crippen LogP contribution >= 0.6 is 0 Å². The van der Waals surface area contributed by atoms with Crippen molar-refractivity contribution < 1.29 is 14.3 Å². The van der Waals surface area contributed by atoms with Gasteiger partial charge in [0, 0.05) is 6.54 Å². The minimum Gasteiger partial charge on any atom is -0.465 e. The number of benzene rings is 1. The van der Waals surface area contributed by atoms with Gasteiger partial charge in [-0.25, -0.2) is 4.79 Å². The van der Waals surface area contributed by atoms with Crippen LogP contribution in [0.3, 0.4) is 0 Å². The molecule has 1 atom stereocenters. The van der Waals surface area contributed by atoms with Crippen LogP contribution in [0.2, 0.25) is 0 Å². The highest BCUT2D eigenvalue weighted by atomic mass is 16.5. The third-order valence-corrected chi connectivity index (χ3v) is 2.99. The van der Waals surface area contributed by atoms with Crippen LogP contribution < -0.4 is 11.1 Å². The van der Waals surface area contributed by atoms with Crippen LogP contribution in [0.1, 0.15) is 29.3 Å². The van der Waals surface area contributed by atoms with E-state index in [0.29, 0.717) is 17.7 Å². The van der Waals surface area contributed by atoms with Crippen molar-refractivity contribution in [2.24, 2.45) is 11.7 Å². The lowest BCUT2D eigenvalue weighted by Gasteiger charge is -2.15. The number of aryl methyl sites for hydroxylation is 1. The largest absolute Gasteiger partial charge is 0.465 e. The van der Waals surface area contributed by atoms with Gasteiger partial charge in [-0.3, -0.25) is 4.79 Å². The molecule has 0 fully saturated rings. The van der Waals surface area contributed by atoms with E-state index in [1.165, 1.54) is 7.11 Å². The summed E-state index contributed by atoms with van der Waals surface area (Å²) < 4.78 is 4.71. The summed E-state index contributed by atoms with van der Waals surface area (Å²) in [7, 11) is 1.31. The van der Waals surface area contributed by atoms with Gasteiger partial charge in [0.05, 0.1) is 24.3 Å². The molecule has 5 heteroatoms. The molecule has 1 rings (SSSR count). The van der Waals surface area contributed by atoms with Gasteiger partial charge in [0.25, 0.3) is 0 Å². The van der Waals surface area contributed by atoms with Crippen molar-refractivity contribution in [1.82, 2.24) is 0 Å². The molecule has 1 amide bonds. The molecular weight excluding hydrogens is 244 g/mol. The van der Waals surface area contributed by atoms with E-state index in [4.69, 9.17) is 10.5 Å². The van der Waals surface area contributed by atoms with Crippen LogP contribution in [-0.2, 0) is 9.53 Å². The van der Waals surface area contributed by atoms with Crippen molar-refractivity contribution in [3.63, 3.8) is 0 Å². The van der Waals surface area contributed by atoms with Crippen molar-refractivity contribution in [3.05, 3.63) is 29.3 Å². The minimum atomic E-state index is -0.472. The van der Waals surface area contributed by atoms with Crippen molar-refractivity contribution in [3.8, 4) is 0 Å². The summed E-state index contributed by atoms with van der Waals surface area (Å²) in [4.78, 5) is 23.7. The van der Waals surface area contributed by atoms with E-state index in [0.717, 1.165) is 5.56 Å². The number of rotatable bonds is 5. The Morgan fingerprint density at radius 3 is 2.63 bits per heavy atom. The third-order valence-electron chi connectivity index (χ3n) is 2.99. The average molecular weight is 264 g/mol. The van der Waals surface area contributed by atoms with Gasteiger partial charge in [-0.15, -0.1) is 0 Å². The predicted octanol–water partition coefficient (Wildman–Crippen LogP) is 1.71. The molecular formula is C14H20N2O3. The number of carbonyl (C=O) groups is 2. The number of anilines is 1. The molecule has 0 spiro atoms. The van der Waals surface area contributed by atoms with E-state index in [9.17, 15) is 9.59 Å². The fourth-order valence-electron chi connectivity index (χ4n) is 1.74. The summed E-state index contributed by atoms with van der Waals surface area (Å²) in [6.45, 7) is 4.04. The molecule has 0 bridgehead atoms. The first-order valence-electron chi connectivity index (χ1n) is 6.23. The molecule has 5 nitrogen and oxygen atoms in total. The number of carbonyl (C=O) groups excluding carboxylic acids is 2.